The zero-order valence-electron chi connectivity index (χ0n) is 25.7. The average molecular weight is 832 g/mol. The maximum absolute atomic E-state index is 11.1. The van der Waals surface area contributed by atoms with E-state index in [1.807, 2.05) is 55.0 Å². The molecule has 9 nitrogen and oxygen atoms in total. The first-order valence-corrected chi connectivity index (χ1v) is 16.6. The van der Waals surface area contributed by atoms with E-state index in [4.69, 9.17) is 5.11 Å². The summed E-state index contributed by atoms with van der Waals surface area (Å²) >= 11 is 10.2. The molecular formula is C35H34Br3N3O6. The minimum absolute atomic E-state index is 0.166. The number of esters is 2. The van der Waals surface area contributed by atoms with Gasteiger partial charge >= 0.3 is 17.9 Å². The van der Waals surface area contributed by atoms with Gasteiger partial charge in [0.05, 0.1) is 14.2 Å². The number of hydrogen-bond donors (Lipinski definition) is 4. The second-order valence-corrected chi connectivity index (χ2v) is 12.7. The Labute approximate surface area is 297 Å². The third-order valence-electron chi connectivity index (χ3n) is 6.78. The normalized spacial score (nSPS) is 10.1. The van der Waals surface area contributed by atoms with Crippen molar-refractivity contribution in [1.82, 2.24) is 15.0 Å². The Kier molecular flexibility index (Phi) is 15.0. The van der Waals surface area contributed by atoms with Crippen molar-refractivity contribution in [3.05, 3.63) is 116 Å². The highest BCUT2D eigenvalue weighted by Crippen LogP contribution is 2.25. The minimum Gasteiger partial charge on any atom is -0.481 e. The number of aromatic nitrogens is 3. The Morgan fingerprint density at radius 3 is 1.70 bits per heavy atom. The number of carboxylic acids is 1. The highest BCUT2D eigenvalue weighted by atomic mass is 79.9. The fourth-order valence-corrected chi connectivity index (χ4v) is 5.50. The molecule has 0 aliphatic heterocycles. The van der Waals surface area contributed by atoms with Gasteiger partial charge in [0.25, 0.3) is 0 Å². The SMILES string of the molecule is Brc1ccc2[nH]ccc2c1.C=CC(=O)OC.COC(=O)CCc1c[nH]c2ccc(Br)cc12.O=C(O)CCc1c[nH]c2ccc(Br)cc12. The van der Waals surface area contributed by atoms with Crippen LogP contribution < -0.4 is 0 Å². The van der Waals surface area contributed by atoms with Crippen molar-refractivity contribution < 1.29 is 29.0 Å². The first-order chi connectivity index (χ1) is 22.5. The van der Waals surface area contributed by atoms with Crippen molar-refractivity contribution in [2.75, 3.05) is 14.2 Å². The lowest BCUT2D eigenvalue weighted by molar-refractivity contribution is -0.140. The zero-order valence-corrected chi connectivity index (χ0v) is 30.5. The summed E-state index contributed by atoms with van der Waals surface area (Å²) in [7, 11) is 2.72. The van der Waals surface area contributed by atoms with E-state index in [0.29, 0.717) is 19.3 Å². The summed E-state index contributed by atoms with van der Waals surface area (Å²) in [6.45, 7) is 3.16. The molecule has 0 amide bonds. The molecule has 3 aromatic heterocycles. The van der Waals surface area contributed by atoms with Gasteiger partial charge in [-0.05, 0) is 84.6 Å². The summed E-state index contributed by atoms with van der Waals surface area (Å²) < 4.78 is 11.9. The molecule has 3 aromatic carbocycles. The summed E-state index contributed by atoms with van der Waals surface area (Å²) in [5.74, 6) is -1.33. The van der Waals surface area contributed by atoms with Crippen LogP contribution in [0.4, 0.5) is 0 Å². The summed E-state index contributed by atoms with van der Waals surface area (Å²) in [6.07, 6.45) is 8.71. The molecule has 0 bridgehead atoms. The van der Waals surface area contributed by atoms with Crippen molar-refractivity contribution in [1.29, 1.82) is 0 Å². The second-order valence-electron chi connectivity index (χ2n) is 9.91. The van der Waals surface area contributed by atoms with E-state index in [0.717, 1.165) is 52.4 Å². The van der Waals surface area contributed by atoms with Gasteiger partial charge in [-0.2, -0.15) is 0 Å². The maximum atomic E-state index is 11.1. The summed E-state index contributed by atoms with van der Waals surface area (Å²) in [5.41, 5.74) is 5.50. The van der Waals surface area contributed by atoms with E-state index in [1.54, 1.807) is 0 Å². The summed E-state index contributed by atoms with van der Waals surface area (Å²) in [5, 5.41) is 12.1. The largest absolute Gasteiger partial charge is 0.481 e. The number of nitrogens with one attached hydrogen (secondary N) is 3. The lowest BCUT2D eigenvalue weighted by Crippen LogP contribution is -2.01. The lowest BCUT2D eigenvalue weighted by atomic mass is 10.1. The van der Waals surface area contributed by atoms with Gasteiger partial charge in [-0.3, -0.25) is 9.59 Å². The number of carbonyl (C=O) groups is 3. The molecule has 0 spiro atoms. The van der Waals surface area contributed by atoms with E-state index in [2.05, 4.69) is 103 Å². The standard InChI is InChI=1S/C12H12BrNO2.C11H10BrNO2.C8H6BrN.C4H6O2/c1-16-12(15)5-2-8-7-14-11-4-3-9(13)6-10(8)11;12-8-2-3-10-9(5-8)7(6-13-10)1-4-11(14)15;9-7-1-2-8-6(5-7)3-4-10-8;1-3-4(5)6-2/h3-4,6-7,14H,2,5H2,1H3;2-3,5-6,13H,1,4H2,(H,14,15);1-5,10H;3H,1H2,2H3. The van der Waals surface area contributed by atoms with Gasteiger partial charge < -0.3 is 29.5 Å². The van der Waals surface area contributed by atoms with Crippen molar-refractivity contribution in [3.63, 3.8) is 0 Å². The molecule has 6 rings (SSSR count). The third kappa shape index (κ3) is 11.9. The van der Waals surface area contributed by atoms with Crippen molar-refractivity contribution >= 4 is 98.4 Å². The highest BCUT2D eigenvalue weighted by Gasteiger charge is 2.08. The number of carbonyl (C=O) groups excluding carboxylic acids is 2. The molecule has 47 heavy (non-hydrogen) atoms. The zero-order chi connectivity index (χ0) is 34.3. The molecule has 4 N–H and O–H groups in total. The number of ether oxygens (including phenoxy) is 2. The van der Waals surface area contributed by atoms with Crippen LogP contribution in [0.2, 0.25) is 0 Å². The van der Waals surface area contributed by atoms with Crippen LogP contribution in [0, 0.1) is 0 Å². The number of methoxy groups -OCH3 is 2. The number of aliphatic carboxylic acids is 1. The van der Waals surface area contributed by atoms with Crippen LogP contribution in [0.3, 0.4) is 0 Å². The van der Waals surface area contributed by atoms with E-state index in [-0.39, 0.29) is 12.4 Å². The first kappa shape index (κ1) is 37.3. The number of rotatable bonds is 7. The third-order valence-corrected chi connectivity index (χ3v) is 8.26. The first-order valence-electron chi connectivity index (χ1n) is 14.3. The molecular weight excluding hydrogens is 798 g/mol. The van der Waals surface area contributed by atoms with Gasteiger partial charge in [-0.1, -0.05) is 54.4 Å². The van der Waals surface area contributed by atoms with Crippen LogP contribution >= 0.6 is 47.8 Å². The van der Waals surface area contributed by atoms with Gasteiger partial charge in [-0.25, -0.2) is 4.79 Å². The number of halogens is 3. The highest BCUT2D eigenvalue weighted by molar-refractivity contribution is 9.11. The van der Waals surface area contributed by atoms with Gasteiger partial charge in [0.15, 0.2) is 0 Å². The molecule has 0 aliphatic carbocycles. The van der Waals surface area contributed by atoms with Gasteiger partial charge in [0.2, 0.25) is 0 Å². The Bertz CT molecular complexity index is 1960. The molecule has 6 aromatic rings. The lowest BCUT2D eigenvalue weighted by Gasteiger charge is -1.99. The second kappa shape index (κ2) is 18.9. The van der Waals surface area contributed by atoms with Crippen LogP contribution in [-0.4, -0.2) is 52.2 Å². The minimum atomic E-state index is -0.764. The fourth-order valence-electron chi connectivity index (χ4n) is 4.40. The number of hydrogen-bond acceptors (Lipinski definition) is 5. The van der Waals surface area contributed by atoms with Crippen LogP contribution in [0.5, 0.6) is 0 Å². The van der Waals surface area contributed by atoms with E-state index >= 15 is 0 Å². The predicted octanol–water partition coefficient (Wildman–Crippen LogP) is 9.26. The van der Waals surface area contributed by atoms with E-state index in [1.165, 1.54) is 25.1 Å². The molecule has 0 unspecified atom stereocenters. The summed E-state index contributed by atoms with van der Waals surface area (Å²) in [6, 6.07) is 20.2. The van der Waals surface area contributed by atoms with Crippen molar-refractivity contribution in [2.45, 2.75) is 25.7 Å². The Morgan fingerprint density at radius 1 is 0.723 bits per heavy atom. The predicted molar refractivity (Wildman–Crippen MR) is 197 cm³/mol. The van der Waals surface area contributed by atoms with Gasteiger partial charge in [-0.15, -0.1) is 0 Å². The van der Waals surface area contributed by atoms with E-state index in [9.17, 15) is 14.4 Å². The van der Waals surface area contributed by atoms with Crippen LogP contribution in [0.15, 0.2) is 105 Å². The van der Waals surface area contributed by atoms with Crippen LogP contribution in [-0.2, 0) is 36.7 Å². The molecule has 0 fully saturated rings. The molecule has 0 saturated heterocycles. The smallest absolute Gasteiger partial charge is 0.329 e. The number of benzene rings is 3. The fraction of sp³-hybridized carbons (Fsp3) is 0.171. The molecule has 0 aliphatic rings. The van der Waals surface area contributed by atoms with E-state index < -0.39 is 11.9 Å². The maximum Gasteiger partial charge on any atom is 0.329 e. The Hall–Kier alpha value is -4.13. The van der Waals surface area contributed by atoms with Gasteiger partial charge in [0.1, 0.15) is 0 Å². The van der Waals surface area contributed by atoms with Crippen LogP contribution in [0.25, 0.3) is 32.7 Å². The number of H-pyrrole nitrogens is 3. The average Bonchev–Trinajstić information content (AvgIpc) is 3.81. The van der Waals surface area contributed by atoms with Crippen LogP contribution in [0.1, 0.15) is 24.0 Å². The number of fused-ring (bicyclic) bond motifs is 3. The quantitative estimate of drug-likeness (QED) is 0.0936. The number of carboxylic acid groups (broad SMARTS) is 1. The summed E-state index contributed by atoms with van der Waals surface area (Å²) in [4.78, 5) is 40.8. The Balaban J connectivity index is 0.000000180. The number of aromatic amines is 3. The van der Waals surface area contributed by atoms with Gasteiger partial charge in [0, 0.05) is 83.6 Å². The topological polar surface area (TPSA) is 137 Å². The Morgan fingerprint density at radius 2 is 1.23 bits per heavy atom. The van der Waals surface area contributed by atoms with Crippen molar-refractivity contribution in [2.24, 2.45) is 0 Å². The molecule has 246 valence electrons. The molecule has 0 saturated carbocycles. The number of aryl methyl sites for hydroxylation is 2. The molecule has 3 heterocycles. The molecule has 0 atom stereocenters. The molecule has 12 heteroatoms. The monoisotopic (exact) mass is 829 g/mol. The molecule has 0 radical (unpaired) electrons. The van der Waals surface area contributed by atoms with Crippen molar-refractivity contribution in [3.8, 4) is 0 Å².